The second-order valence-electron chi connectivity index (χ2n) is 6.07. The first kappa shape index (κ1) is 16.3. The normalized spacial score (nSPS) is 26.3. The van der Waals surface area contributed by atoms with Gasteiger partial charge in [-0.2, -0.15) is 0 Å². The average molecular weight is 357 g/mol. The second-order valence-corrected chi connectivity index (χ2v) is 7.23. The van der Waals surface area contributed by atoms with E-state index in [4.69, 9.17) is 10.5 Å². The molecular weight excluding hydrogens is 338 g/mol. The van der Waals surface area contributed by atoms with Crippen molar-refractivity contribution >= 4 is 28.7 Å². The van der Waals surface area contributed by atoms with Crippen LogP contribution in [0.4, 0.5) is 5.82 Å². The molecule has 2 aromatic heterocycles. The van der Waals surface area contributed by atoms with Crippen molar-refractivity contribution < 1.29 is 9.84 Å². The molecule has 4 atom stereocenters. The van der Waals surface area contributed by atoms with E-state index in [1.807, 2.05) is 29.7 Å². The van der Waals surface area contributed by atoms with Gasteiger partial charge in [0.05, 0.1) is 23.8 Å². The highest BCUT2D eigenvalue weighted by Gasteiger charge is 2.43. The van der Waals surface area contributed by atoms with Gasteiger partial charge in [-0.1, -0.05) is 30.3 Å². The van der Waals surface area contributed by atoms with E-state index in [-0.39, 0.29) is 17.6 Å². The average Bonchev–Trinajstić information content (AvgIpc) is 3.17. The SMILES string of the molecule is CC1OC(n2cnc3c(N)ncnc32)C(SCc2ccccc2)C1O. The molecule has 3 aromatic rings. The van der Waals surface area contributed by atoms with Gasteiger partial charge < -0.3 is 15.6 Å². The number of nitrogens with zero attached hydrogens (tertiary/aromatic N) is 4. The maximum atomic E-state index is 10.6. The van der Waals surface area contributed by atoms with Crippen molar-refractivity contribution in [3.63, 3.8) is 0 Å². The maximum absolute atomic E-state index is 10.6. The molecule has 0 bridgehead atoms. The maximum Gasteiger partial charge on any atom is 0.167 e. The summed E-state index contributed by atoms with van der Waals surface area (Å²) in [6.07, 6.45) is 1.86. The standard InChI is InChI=1S/C17H19N5O2S/c1-10-13(23)14(25-7-11-5-3-2-4-6-11)17(24-10)22-9-21-12-15(18)19-8-20-16(12)22/h2-6,8-10,13-14,17,23H,7H2,1H3,(H2,18,19,20). The fourth-order valence-corrected chi connectivity index (χ4v) is 4.40. The molecule has 0 spiro atoms. The van der Waals surface area contributed by atoms with Crippen molar-refractivity contribution in [3.8, 4) is 0 Å². The third-order valence-electron chi connectivity index (χ3n) is 4.40. The molecule has 1 aromatic carbocycles. The van der Waals surface area contributed by atoms with E-state index in [0.29, 0.717) is 17.0 Å². The van der Waals surface area contributed by atoms with Crippen LogP contribution < -0.4 is 5.73 Å². The lowest BCUT2D eigenvalue weighted by molar-refractivity contribution is -0.00597. The molecule has 3 heterocycles. The Morgan fingerprint density at radius 2 is 2.04 bits per heavy atom. The van der Waals surface area contributed by atoms with Crippen LogP contribution in [0.1, 0.15) is 18.7 Å². The zero-order valence-corrected chi connectivity index (χ0v) is 14.5. The van der Waals surface area contributed by atoms with Crippen LogP contribution in [0, 0.1) is 0 Å². The number of aromatic nitrogens is 4. The first-order chi connectivity index (χ1) is 12.1. The van der Waals surface area contributed by atoms with Crippen LogP contribution in [0.5, 0.6) is 0 Å². The first-order valence-corrected chi connectivity index (χ1v) is 9.12. The highest BCUT2D eigenvalue weighted by molar-refractivity contribution is 7.99. The van der Waals surface area contributed by atoms with Gasteiger partial charge in [0.2, 0.25) is 0 Å². The summed E-state index contributed by atoms with van der Waals surface area (Å²) in [6, 6.07) is 10.2. The third-order valence-corrected chi connectivity index (χ3v) is 5.80. The molecule has 7 nitrogen and oxygen atoms in total. The lowest BCUT2D eigenvalue weighted by Crippen LogP contribution is -2.28. The number of nitrogen functional groups attached to an aromatic ring is 1. The Morgan fingerprint density at radius 3 is 2.84 bits per heavy atom. The molecular formula is C17H19N5O2S. The molecule has 0 radical (unpaired) electrons. The third kappa shape index (κ3) is 2.97. The highest BCUT2D eigenvalue weighted by atomic mass is 32.2. The van der Waals surface area contributed by atoms with E-state index in [1.165, 1.54) is 11.9 Å². The summed E-state index contributed by atoms with van der Waals surface area (Å²) in [5.41, 5.74) is 8.24. The molecule has 1 aliphatic heterocycles. The van der Waals surface area contributed by atoms with Crippen LogP contribution in [0.3, 0.4) is 0 Å². The quantitative estimate of drug-likeness (QED) is 0.736. The second kappa shape index (κ2) is 6.62. The predicted molar refractivity (Wildman–Crippen MR) is 96.9 cm³/mol. The summed E-state index contributed by atoms with van der Waals surface area (Å²) in [4.78, 5) is 12.6. The number of aliphatic hydroxyl groups excluding tert-OH is 1. The number of fused-ring (bicyclic) bond motifs is 1. The van der Waals surface area contributed by atoms with E-state index in [2.05, 4.69) is 27.1 Å². The molecule has 0 amide bonds. The molecule has 1 aliphatic rings. The van der Waals surface area contributed by atoms with Crippen LogP contribution in [0.2, 0.25) is 0 Å². The topological polar surface area (TPSA) is 99.1 Å². The Kier molecular flexibility index (Phi) is 4.32. The number of nitrogens with two attached hydrogens (primary N) is 1. The Bertz CT molecular complexity index is 872. The fraction of sp³-hybridized carbons (Fsp3) is 0.353. The molecule has 25 heavy (non-hydrogen) atoms. The van der Waals surface area contributed by atoms with Crippen LogP contribution in [0.15, 0.2) is 43.0 Å². The Balaban J connectivity index is 1.63. The largest absolute Gasteiger partial charge is 0.389 e. The first-order valence-electron chi connectivity index (χ1n) is 8.07. The van der Waals surface area contributed by atoms with Gasteiger partial charge in [-0.15, -0.1) is 11.8 Å². The van der Waals surface area contributed by atoms with Crippen molar-refractivity contribution in [3.05, 3.63) is 48.5 Å². The number of hydrogen-bond acceptors (Lipinski definition) is 7. The van der Waals surface area contributed by atoms with Crippen LogP contribution in [0.25, 0.3) is 11.2 Å². The van der Waals surface area contributed by atoms with E-state index < -0.39 is 6.10 Å². The number of hydrogen-bond donors (Lipinski definition) is 2. The summed E-state index contributed by atoms with van der Waals surface area (Å²) in [5.74, 6) is 1.13. The number of benzene rings is 1. The molecule has 0 aliphatic carbocycles. The van der Waals surface area contributed by atoms with Gasteiger partial charge in [0.1, 0.15) is 11.8 Å². The van der Waals surface area contributed by atoms with Gasteiger partial charge in [0.15, 0.2) is 17.7 Å². The molecule has 130 valence electrons. The van der Waals surface area contributed by atoms with Gasteiger partial charge in [-0.3, -0.25) is 4.57 Å². The molecule has 4 rings (SSSR count). The molecule has 8 heteroatoms. The van der Waals surface area contributed by atoms with Gasteiger partial charge in [0, 0.05) is 5.75 Å². The number of anilines is 1. The molecule has 1 saturated heterocycles. The number of imidazole rings is 1. The Morgan fingerprint density at radius 1 is 1.24 bits per heavy atom. The van der Waals surface area contributed by atoms with Crippen molar-refractivity contribution in [2.75, 3.05) is 5.73 Å². The van der Waals surface area contributed by atoms with Crippen LogP contribution in [-0.4, -0.2) is 42.1 Å². The minimum absolute atomic E-state index is 0.135. The summed E-state index contributed by atoms with van der Waals surface area (Å²) in [6.45, 7) is 1.88. The minimum atomic E-state index is -0.574. The Hall–Kier alpha value is -2.16. The number of thioether (sulfide) groups is 1. The van der Waals surface area contributed by atoms with Crippen molar-refractivity contribution in [1.29, 1.82) is 0 Å². The van der Waals surface area contributed by atoms with Crippen molar-refractivity contribution in [2.45, 2.75) is 36.4 Å². The molecule has 4 unspecified atom stereocenters. The monoisotopic (exact) mass is 357 g/mol. The van der Waals surface area contributed by atoms with E-state index >= 15 is 0 Å². The van der Waals surface area contributed by atoms with Crippen LogP contribution in [-0.2, 0) is 10.5 Å². The summed E-state index contributed by atoms with van der Waals surface area (Å²) in [7, 11) is 0. The lowest BCUT2D eigenvalue weighted by atomic mass is 10.2. The van der Waals surface area contributed by atoms with Gasteiger partial charge in [-0.25, -0.2) is 15.0 Å². The molecule has 0 saturated carbocycles. The van der Waals surface area contributed by atoms with Gasteiger partial charge in [-0.05, 0) is 12.5 Å². The van der Waals surface area contributed by atoms with Crippen molar-refractivity contribution in [2.24, 2.45) is 0 Å². The molecule has 1 fully saturated rings. The minimum Gasteiger partial charge on any atom is -0.389 e. The molecule has 3 N–H and O–H groups in total. The van der Waals surface area contributed by atoms with Gasteiger partial charge in [0.25, 0.3) is 0 Å². The number of ether oxygens (including phenoxy) is 1. The van der Waals surface area contributed by atoms with Crippen LogP contribution >= 0.6 is 11.8 Å². The number of rotatable bonds is 4. The van der Waals surface area contributed by atoms with E-state index in [1.54, 1.807) is 18.1 Å². The fourth-order valence-electron chi connectivity index (χ4n) is 3.04. The summed E-state index contributed by atoms with van der Waals surface area (Å²) < 4.78 is 7.85. The van der Waals surface area contributed by atoms with E-state index in [0.717, 1.165) is 5.75 Å². The predicted octanol–water partition coefficient (Wildman–Crippen LogP) is 1.99. The highest BCUT2D eigenvalue weighted by Crippen LogP contribution is 2.40. The zero-order chi connectivity index (χ0) is 17.4. The van der Waals surface area contributed by atoms with Crippen molar-refractivity contribution in [1.82, 2.24) is 19.5 Å². The van der Waals surface area contributed by atoms with E-state index in [9.17, 15) is 5.11 Å². The summed E-state index contributed by atoms with van der Waals surface area (Å²) in [5, 5.41) is 10.5. The zero-order valence-electron chi connectivity index (χ0n) is 13.7. The smallest absolute Gasteiger partial charge is 0.167 e. The Labute approximate surface area is 149 Å². The lowest BCUT2D eigenvalue weighted by Gasteiger charge is -2.21. The summed E-state index contributed by atoms with van der Waals surface area (Å²) >= 11 is 1.67. The number of aliphatic hydroxyl groups is 1. The van der Waals surface area contributed by atoms with Gasteiger partial charge >= 0.3 is 0 Å².